The molecule has 1 N–H and O–H groups in total. The van der Waals surface area contributed by atoms with Gasteiger partial charge in [-0.15, -0.1) is 0 Å². The highest BCUT2D eigenvalue weighted by Gasteiger charge is 2.33. The van der Waals surface area contributed by atoms with Gasteiger partial charge in [0.15, 0.2) is 6.61 Å². The Kier molecular flexibility index (Phi) is 7.60. The molecule has 8 heteroatoms. The molecule has 0 fully saturated rings. The summed E-state index contributed by atoms with van der Waals surface area (Å²) in [5, 5.41) is 10.2. The summed E-state index contributed by atoms with van der Waals surface area (Å²) in [6, 6.07) is 19.4. The van der Waals surface area contributed by atoms with Crippen LogP contribution >= 0.6 is 23.2 Å². The first-order chi connectivity index (χ1) is 16.4. The third-order valence-corrected chi connectivity index (χ3v) is 6.11. The van der Waals surface area contributed by atoms with E-state index in [0.717, 1.165) is 11.1 Å². The number of nitrogens with zero attached hydrogens (tertiary/aromatic N) is 1. The van der Waals surface area contributed by atoms with Gasteiger partial charge < -0.3 is 19.5 Å². The molecule has 34 heavy (non-hydrogen) atoms. The van der Waals surface area contributed by atoms with Gasteiger partial charge in [-0.2, -0.15) is 0 Å². The lowest BCUT2D eigenvalue weighted by Crippen LogP contribution is -2.41. The van der Waals surface area contributed by atoms with Gasteiger partial charge in [-0.25, -0.2) is 4.79 Å². The van der Waals surface area contributed by atoms with E-state index in [-0.39, 0.29) is 18.9 Å². The summed E-state index contributed by atoms with van der Waals surface area (Å²) < 4.78 is 11.3. The predicted molar refractivity (Wildman–Crippen MR) is 130 cm³/mol. The van der Waals surface area contributed by atoms with Crippen molar-refractivity contribution in [2.24, 2.45) is 0 Å². The first-order valence-corrected chi connectivity index (χ1v) is 11.6. The second kappa shape index (κ2) is 10.8. The van der Waals surface area contributed by atoms with Crippen molar-refractivity contribution in [3.63, 3.8) is 0 Å². The number of hydrogen-bond acceptors (Lipinski definition) is 4. The summed E-state index contributed by atoms with van der Waals surface area (Å²) in [5.74, 6) is -0.157. The molecule has 0 saturated carbocycles. The highest BCUT2D eigenvalue weighted by molar-refractivity contribution is 6.30. The van der Waals surface area contributed by atoms with Crippen LogP contribution < -0.4 is 9.47 Å². The van der Waals surface area contributed by atoms with Crippen LogP contribution in [0.3, 0.4) is 0 Å². The number of amides is 1. The molecule has 1 aliphatic rings. The quantitative estimate of drug-likeness (QED) is 0.448. The van der Waals surface area contributed by atoms with Crippen LogP contribution in [0.4, 0.5) is 0 Å². The SMILES string of the molecule is O=C(O)COc1ccc(Cl)cc1C1c2ccccc2CCN1C(=O)CCOc1ccc(Cl)cc1. The fourth-order valence-corrected chi connectivity index (χ4v) is 4.41. The molecule has 6 nitrogen and oxygen atoms in total. The van der Waals surface area contributed by atoms with Gasteiger partial charge in [0.1, 0.15) is 11.5 Å². The fraction of sp³-hybridized carbons (Fsp3) is 0.231. The predicted octanol–water partition coefficient (Wildman–Crippen LogP) is 5.40. The summed E-state index contributed by atoms with van der Waals surface area (Å²) in [4.78, 5) is 26.3. The number of carboxylic acids is 1. The smallest absolute Gasteiger partial charge is 0.341 e. The molecule has 0 aliphatic carbocycles. The zero-order valence-electron chi connectivity index (χ0n) is 18.2. The van der Waals surface area contributed by atoms with Crippen molar-refractivity contribution >= 4 is 35.1 Å². The van der Waals surface area contributed by atoms with Crippen molar-refractivity contribution in [3.05, 3.63) is 93.5 Å². The maximum absolute atomic E-state index is 13.4. The first kappa shape index (κ1) is 23.9. The molecule has 3 aromatic rings. The van der Waals surface area contributed by atoms with E-state index in [1.165, 1.54) is 0 Å². The summed E-state index contributed by atoms with van der Waals surface area (Å²) in [6.07, 6.45) is 0.884. The molecule has 0 aromatic heterocycles. The summed E-state index contributed by atoms with van der Waals surface area (Å²) in [7, 11) is 0. The molecule has 176 valence electrons. The molecule has 0 saturated heterocycles. The van der Waals surface area contributed by atoms with Gasteiger partial charge in [0, 0.05) is 22.2 Å². The molecule has 0 bridgehead atoms. The third kappa shape index (κ3) is 5.64. The van der Waals surface area contributed by atoms with Crippen molar-refractivity contribution < 1.29 is 24.2 Å². The Morgan fingerprint density at radius 3 is 2.44 bits per heavy atom. The molecule has 1 amide bonds. The van der Waals surface area contributed by atoms with E-state index in [2.05, 4.69) is 0 Å². The van der Waals surface area contributed by atoms with E-state index in [1.54, 1.807) is 47.4 Å². The molecule has 4 rings (SSSR count). The average molecular weight is 500 g/mol. The average Bonchev–Trinajstić information content (AvgIpc) is 2.83. The van der Waals surface area contributed by atoms with Crippen LogP contribution in [0.5, 0.6) is 11.5 Å². The lowest BCUT2D eigenvalue weighted by Gasteiger charge is -2.38. The molecular formula is C26H23Cl2NO5. The highest BCUT2D eigenvalue weighted by atomic mass is 35.5. The largest absolute Gasteiger partial charge is 0.493 e. The zero-order valence-corrected chi connectivity index (χ0v) is 19.8. The number of ether oxygens (including phenoxy) is 2. The van der Waals surface area contributed by atoms with Crippen molar-refractivity contribution in [3.8, 4) is 11.5 Å². The number of benzene rings is 3. The van der Waals surface area contributed by atoms with Gasteiger partial charge >= 0.3 is 5.97 Å². The molecule has 1 aliphatic heterocycles. The Morgan fingerprint density at radius 1 is 0.941 bits per heavy atom. The van der Waals surface area contributed by atoms with Crippen molar-refractivity contribution in [2.75, 3.05) is 19.8 Å². The Hall–Kier alpha value is -3.22. The highest BCUT2D eigenvalue weighted by Crippen LogP contribution is 2.40. The van der Waals surface area contributed by atoms with Crippen LogP contribution in [0.2, 0.25) is 10.0 Å². The van der Waals surface area contributed by atoms with E-state index < -0.39 is 18.6 Å². The number of carboxylic acid groups (broad SMARTS) is 1. The van der Waals surface area contributed by atoms with Crippen LogP contribution in [-0.4, -0.2) is 41.6 Å². The minimum atomic E-state index is -1.09. The van der Waals surface area contributed by atoms with Gasteiger partial charge in [0.25, 0.3) is 0 Å². The zero-order chi connectivity index (χ0) is 24.1. The summed E-state index contributed by atoms with van der Waals surface area (Å²) in [5.41, 5.74) is 2.73. The van der Waals surface area contributed by atoms with E-state index in [0.29, 0.717) is 40.1 Å². The Morgan fingerprint density at radius 2 is 1.68 bits per heavy atom. The molecular weight excluding hydrogens is 477 g/mol. The van der Waals surface area contributed by atoms with Crippen molar-refractivity contribution in [2.45, 2.75) is 18.9 Å². The first-order valence-electron chi connectivity index (χ1n) is 10.8. The summed E-state index contributed by atoms with van der Waals surface area (Å²) in [6.45, 7) is 0.224. The standard InChI is InChI=1S/C26H23Cl2NO5/c27-18-5-8-20(9-6-18)33-14-12-24(30)29-13-11-17-3-1-2-4-21(17)26(29)22-15-19(28)7-10-23(22)34-16-25(31)32/h1-10,15,26H,11-14,16H2,(H,31,32). The number of rotatable bonds is 8. The van der Waals surface area contributed by atoms with Crippen molar-refractivity contribution in [1.29, 1.82) is 0 Å². The fourth-order valence-electron chi connectivity index (χ4n) is 4.11. The topological polar surface area (TPSA) is 76.1 Å². The Labute approximate surface area is 207 Å². The van der Waals surface area contributed by atoms with Gasteiger partial charge in [-0.1, -0.05) is 47.5 Å². The normalized spacial score (nSPS) is 14.9. The lowest BCUT2D eigenvalue weighted by atomic mass is 9.87. The summed E-state index contributed by atoms with van der Waals surface area (Å²) >= 11 is 12.2. The second-order valence-corrected chi connectivity index (χ2v) is 8.73. The number of halogens is 2. The van der Waals surface area contributed by atoms with Crippen LogP contribution in [-0.2, 0) is 16.0 Å². The number of carbonyl (C=O) groups excluding carboxylic acids is 1. The molecule has 1 unspecified atom stereocenters. The van der Waals surface area contributed by atoms with Crippen LogP contribution in [0.1, 0.15) is 29.2 Å². The number of carbonyl (C=O) groups is 2. The maximum Gasteiger partial charge on any atom is 0.341 e. The Bertz CT molecular complexity index is 1180. The van der Waals surface area contributed by atoms with E-state index in [1.807, 2.05) is 24.3 Å². The monoisotopic (exact) mass is 499 g/mol. The molecule has 3 aromatic carbocycles. The van der Waals surface area contributed by atoms with Crippen LogP contribution in [0.15, 0.2) is 66.7 Å². The molecule has 0 radical (unpaired) electrons. The van der Waals surface area contributed by atoms with Gasteiger partial charge in [-0.05, 0) is 60.0 Å². The van der Waals surface area contributed by atoms with Crippen LogP contribution in [0.25, 0.3) is 0 Å². The second-order valence-electron chi connectivity index (χ2n) is 7.86. The molecule has 0 spiro atoms. The van der Waals surface area contributed by atoms with E-state index >= 15 is 0 Å². The van der Waals surface area contributed by atoms with E-state index in [4.69, 9.17) is 37.8 Å². The molecule has 1 heterocycles. The number of hydrogen-bond donors (Lipinski definition) is 1. The van der Waals surface area contributed by atoms with E-state index in [9.17, 15) is 9.59 Å². The van der Waals surface area contributed by atoms with Gasteiger partial charge in [0.05, 0.1) is 19.1 Å². The molecule has 1 atom stereocenters. The maximum atomic E-state index is 13.4. The third-order valence-electron chi connectivity index (χ3n) is 5.62. The van der Waals surface area contributed by atoms with Gasteiger partial charge in [-0.3, -0.25) is 4.79 Å². The van der Waals surface area contributed by atoms with Crippen LogP contribution in [0, 0.1) is 0 Å². The number of aliphatic carboxylic acids is 1. The number of fused-ring (bicyclic) bond motifs is 1. The van der Waals surface area contributed by atoms with Crippen molar-refractivity contribution in [1.82, 2.24) is 4.90 Å². The minimum Gasteiger partial charge on any atom is -0.493 e. The van der Waals surface area contributed by atoms with Gasteiger partial charge in [0.2, 0.25) is 5.91 Å². The minimum absolute atomic E-state index is 0.0855. The lowest BCUT2D eigenvalue weighted by molar-refractivity contribution is -0.139. The Balaban J connectivity index is 1.61.